The smallest absolute Gasteiger partial charge is 0.330 e. The highest BCUT2D eigenvalue weighted by Gasteiger charge is 2.79. The van der Waals surface area contributed by atoms with Gasteiger partial charge in [0.15, 0.2) is 6.17 Å². The van der Waals surface area contributed by atoms with E-state index in [-0.39, 0.29) is 18.4 Å². The average molecular weight is 440 g/mol. The Labute approximate surface area is 175 Å². The van der Waals surface area contributed by atoms with Gasteiger partial charge in [-0.2, -0.15) is 17.6 Å². The molecule has 0 aliphatic carbocycles. The third kappa shape index (κ3) is 4.36. The number of methoxy groups -OCH3 is 3. The van der Waals surface area contributed by atoms with Gasteiger partial charge in [0.1, 0.15) is 5.41 Å². The van der Waals surface area contributed by atoms with Crippen molar-refractivity contribution in [1.29, 1.82) is 0 Å². The fourth-order valence-electron chi connectivity index (χ4n) is 4.11. The van der Waals surface area contributed by atoms with Crippen molar-refractivity contribution >= 4 is 0 Å². The summed E-state index contributed by atoms with van der Waals surface area (Å²) in [7, 11) is 3.09. The first-order valence-electron chi connectivity index (χ1n) is 10.2. The third-order valence-electron chi connectivity index (χ3n) is 5.63. The van der Waals surface area contributed by atoms with E-state index >= 15 is 17.6 Å². The lowest BCUT2D eigenvalue weighted by molar-refractivity contribution is -0.433. The van der Waals surface area contributed by atoms with E-state index in [1.54, 1.807) is 13.0 Å². The summed E-state index contributed by atoms with van der Waals surface area (Å²) in [6.45, 7) is 3.37. The van der Waals surface area contributed by atoms with Crippen LogP contribution >= 0.6 is 0 Å². The lowest BCUT2D eigenvalue weighted by Gasteiger charge is -2.52. The molecular weight excluding hydrogens is 407 g/mol. The number of hydrogen-bond acceptors (Lipinski definition) is 3. The molecular formula is C22H33F5O3. The van der Waals surface area contributed by atoms with Crippen molar-refractivity contribution in [2.75, 3.05) is 21.3 Å². The first-order chi connectivity index (χ1) is 14.1. The lowest BCUT2D eigenvalue weighted by Crippen LogP contribution is -2.71. The van der Waals surface area contributed by atoms with E-state index in [4.69, 9.17) is 14.2 Å². The molecule has 0 spiro atoms. The van der Waals surface area contributed by atoms with Crippen LogP contribution in [0.1, 0.15) is 57.9 Å². The molecule has 0 aliphatic heterocycles. The predicted molar refractivity (Wildman–Crippen MR) is 106 cm³/mol. The molecule has 1 aromatic rings. The summed E-state index contributed by atoms with van der Waals surface area (Å²) >= 11 is 0. The van der Waals surface area contributed by atoms with Crippen LogP contribution in [0.15, 0.2) is 30.3 Å². The van der Waals surface area contributed by atoms with Crippen LogP contribution in [0.5, 0.6) is 0 Å². The van der Waals surface area contributed by atoms with E-state index in [1.165, 1.54) is 24.3 Å². The fourth-order valence-corrected chi connectivity index (χ4v) is 4.11. The zero-order valence-corrected chi connectivity index (χ0v) is 18.3. The highest BCUT2D eigenvalue weighted by Crippen LogP contribution is 2.59. The second kappa shape index (κ2) is 10.9. The van der Waals surface area contributed by atoms with Gasteiger partial charge >= 0.3 is 11.8 Å². The Morgan fingerprint density at radius 3 is 1.80 bits per heavy atom. The molecule has 174 valence electrons. The molecule has 0 aliphatic rings. The van der Waals surface area contributed by atoms with E-state index in [0.717, 1.165) is 21.3 Å². The number of benzene rings is 1. The molecule has 0 heterocycles. The molecule has 0 bridgehead atoms. The van der Waals surface area contributed by atoms with Gasteiger partial charge in [0.2, 0.25) is 0 Å². The summed E-state index contributed by atoms with van der Waals surface area (Å²) in [4.78, 5) is 0. The predicted octanol–water partition coefficient (Wildman–Crippen LogP) is 6.51. The summed E-state index contributed by atoms with van der Waals surface area (Å²) in [5.74, 6) is -12.5. The van der Waals surface area contributed by atoms with Crippen LogP contribution in [0.4, 0.5) is 22.0 Å². The Morgan fingerprint density at radius 1 is 0.833 bits per heavy atom. The minimum atomic E-state index is -4.99. The molecule has 0 fully saturated rings. The fraction of sp³-hybridized carbons (Fsp3) is 0.727. The van der Waals surface area contributed by atoms with Gasteiger partial charge in [-0.15, -0.1) is 0 Å². The zero-order valence-electron chi connectivity index (χ0n) is 18.3. The quantitative estimate of drug-likeness (QED) is 0.188. The first kappa shape index (κ1) is 26.8. The highest BCUT2D eigenvalue weighted by atomic mass is 19.3. The maximum atomic E-state index is 16.0. The molecule has 1 rings (SSSR count). The van der Waals surface area contributed by atoms with Crippen LogP contribution in [0.2, 0.25) is 0 Å². The Kier molecular flexibility index (Phi) is 9.70. The molecule has 0 radical (unpaired) electrons. The van der Waals surface area contributed by atoms with E-state index in [9.17, 15) is 4.39 Å². The van der Waals surface area contributed by atoms with Gasteiger partial charge in [-0.05, 0) is 18.4 Å². The van der Waals surface area contributed by atoms with Crippen LogP contribution < -0.4 is 0 Å². The molecule has 8 heteroatoms. The highest BCUT2D eigenvalue weighted by molar-refractivity contribution is 5.33. The van der Waals surface area contributed by atoms with Crippen molar-refractivity contribution in [3.8, 4) is 0 Å². The molecule has 0 aromatic heterocycles. The van der Waals surface area contributed by atoms with E-state index in [0.29, 0.717) is 12.8 Å². The largest absolute Gasteiger partial charge is 0.341 e. The van der Waals surface area contributed by atoms with Crippen LogP contribution in [0.3, 0.4) is 0 Å². The molecule has 3 nitrogen and oxygen atoms in total. The number of alkyl halides is 5. The van der Waals surface area contributed by atoms with Gasteiger partial charge in [-0.1, -0.05) is 69.9 Å². The number of ether oxygens (including phenoxy) is 3. The number of halogens is 5. The second-order valence-electron chi connectivity index (χ2n) is 7.35. The number of unbranched alkanes of at least 4 members (excludes halogenated alkanes) is 2. The Morgan fingerprint density at radius 2 is 1.37 bits per heavy atom. The molecule has 0 N–H and O–H groups in total. The van der Waals surface area contributed by atoms with Crippen molar-refractivity contribution in [3.63, 3.8) is 0 Å². The van der Waals surface area contributed by atoms with Crippen LogP contribution in [-0.2, 0) is 19.6 Å². The van der Waals surface area contributed by atoms with Gasteiger partial charge in [0.05, 0.1) is 0 Å². The van der Waals surface area contributed by atoms with Gasteiger partial charge in [-0.3, -0.25) is 0 Å². The van der Waals surface area contributed by atoms with Crippen LogP contribution in [0, 0.1) is 0 Å². The summed E-state index contributed by atoms with van der Waals surface area (Å²) in [6.07, 6.45) is -2.95. The third-order valence-corrected chi connectivity index (χ3v) is 5.63. The van der Waals surface area contributed by atoms with Crippen molar-refractivity contribution in [2.45, 2.75) is 81.8 Å². The Balaban J connectivity index is 3.78. The van der Waals surface area contributed by atoms with Crippen molar-refractivity contribution < 1.29 is 36.2 Å². The number of hydrogen-bond donors (Lipinski definition) is 0. The lowest BCUT2D eigenvalue weighted by atomic mass is 9.66. The number of rotatable bonds is 14. The van der Waals surface area contributed by atoms with Crippen molar-refractivity contribution in [3.05, 3.63) is 35.9 Å². The molecule has 30 heavy (non-hydrogen) atoms. The standard InChI is InChI=1S/C22H33F5O3/c1-6-8-10-15-18(23)20(24,25)21(26,27)19(16-7-2,17-13-11-9-12-14-17)22(28-3,29-4)30-5/h9,11-14,18H,6-8,10,15-16H2,1-5H3. The summed E-state index contributed by atoms with van der Waals surface area (Å²) in [6, 6.07) is 6.99. The summed E-state index contributed by atoms with van der Waals surface area (Å²) in [5, 5.41) is 0. The van der Waals surface area contributed by atoms with Gasteiger partial charge in [0.25, 0.3) is 5.97 Å². The molecule has 0 amide bonds. The topological polar surface area (TPSA) is 27.7 Å². The average Bonchev–Trinajstić information content (AvgIpc) is 2.74. The Bertz CT molecular complexity index is 614. The SMILES string of the molecule is CCCCCC(F)C(F)(F)C(F)(F)C(CCC)(c1ccccc1)C(OC)(OC)OC. The maximum absolute atomic E-state index is 16.0. The van der Waals surface area contributed by atoms with Crippen molar-refractivity contribution in [2.24, 2.45) is 0 Å². The van der Waals surface area contributed by atoms with E-state index < -0.39 is 42.2 Å². The normalized spacial score (nSPS) is 16.3. The summed E-state index contributed by atoms with van der Waals surface area (Å²) in [5.41, 5.74) is -3.02. The van der Waals surface area contributed by atoms with E-state index in [2.05, 4.69) is 0 Å². The monoisotopic (exact) mass is 440 g/mol. The molecule has 2 atom stereocenters. The molecule has 0 saturated carbocycles. The Hall–Kier alpha value is -1.25. The molecule has 1 aromatic carbocycles. The summed E-state index contributed by atoms with van der Waals surface area (Å²) < 4.78 is 92.5. The molecule has 0 saturated heterocycles. The molecule has 2 unspecified atom stereocenters. The van der Waals surface area contributed by atoms with Crippen LogP contribution in [-0.4, -0.2) is 45.3 Å². The zero-order chi connectivity index (χ0) is 23.1. The second-order valence-corrected chi connectivity index (χ2v) is 7.35. The van der Waals surface area contributed by atoms with Crippen molar-refractivity contribution in [1.82, 2.24) is 0 Å². The van der Waals surface area contributed by atoms with Gasteiger partial charge in [-0.25, -0.2) is 4.39 Å². The minimum Gasteiger partial charge on any atom is -0.330 e. The van der Waals surface area contributed by atoms with E-state index in [1.807, 2.05) is 6.92 Å². The van der Waals surface area contributed by atoms with Gasteiger partial charge in [0, 0.05) is 21.3 Å². The first-order valence-corrected chi connectivity index (χ1v) is 10.2. The van der Waals surface area contributed by atoms with Crippen LogP contribution in [0.25, 0.3) is 0 Å². The minimum absolute atomic E-state index is 0.0607. The maximum Gasteiger partial charge on any atom is 0.341 e. The van der Waals surface area contributed by atoms with Gasteiger partial charge < -0.3 is 14.2 Å².